The summed E-state index contributed by atoms with van der Waals surface area (Å²) in [6.45, 7) is 5.38. The van der Waals surface area contributed by atoms with Gasteiger partial charge >= 0.3 is 0 Å². The SMILES string of the molecule is Cc1cccc(-n2nnc(C(=O)N(CCN)CCc3ccccc3)c2C)c1. The molecule has 2 N–H and O–H groups in total. The second-order valence-corrected chi connectivity index (χ2v) is 6.59. The lowest BCUT2D eigenvalue weighted by Gasteiger charge is -2.21. The van der Waals surface area contributed by atoms with Gasteiger partial charge in [-0.1, -0.05) is 47.7 Å². The number of aromatic nitrogens is 3. The minimum atomic E-state index is -0.132. The van der Waals surface area contributed by atoms with Crippen LogP contribution in [0.1, 0.15) is 27.3 Å². The molecule has 0 aliphatic heterocycles. The molecule has 2 aromatic carbocycles. The first-order valence-corrected chi connectivity index (χ1v) is 9.12. The molecule has 27 heavy (non-hydrogen) atoms. The number of nitrogens with two attached hydrogens (primary N) is 1. The van der Waals surface area contributed by atoms with Crippen molar-refractivity contribution in [1.82, 2.24) is 19.9 Å². The number of rotatable bonds is 7. The summed E-state index contributed by atoms with van der Waals surface area (Å²) in [5, 5.41) is 8.36. The molecule has 1 heterocycles. The van der Waals surface area contributed by atoms with Crippen molar-refractivity contribution in [3.05, 3.63) is 77.1 Å². The Kier molecular flexibility index (Phi) is 5.98. The van der Waals surface area contributed by atoms with Gasteiger partial charge in [-0.15, -0.1) is 5.10 Å². The molecule has 0 saturated carbocycles. The van der Waals surface area contributed by atoms with Gasteiger partial charge in [-0.05, 0) is 43.5 Å². The molecule has 0 spiro atoms. The fourth-order valence-electron chi connectivity index (χ4n) is 3.06. The van der Waals surface area contributed by atoms with Crippen LogP contribution in [0.25, 0.3) is 5.69 Å². The molecule has 0 saturated heterocycles. The number of hydrogen-bond acceptors (Lipinski definition) is 4. The zero-order chi connectivity index (χ0) is 19.2. The summed E-state index contributed by atoms with van der Waals surface area (Å²) >= 11 is 0. The Morgan fingerprint density at radius 3 is 2.56 bits per heavy atom. The second kappa shape index (κ2) is 8.60. The van der Waals surface area contributed by atoms with Crippen molar-refractivity contribution in [1.29, 1.82) is 0 Å². The van der Waals surface area contributed by atoms with Crippen molar-refractivity contribution in [2.24, 2.45) is 5.73 Å². The van der Waals surface area contributed by atoms with E-state index in [-0.39, 0.29) is 5.91 Å². The van der Waals surface area contributed by atoms with Gasteiger partial charge in [0.15, 0.2) is 5.69 Å². The van der Waals surface area contributed by atoms with Gasteiger partial charge in [0, 0.05) is 19.6 Å². The van der Waals surface area contributed by atoms with Crippen LogP contribution in [0.15, 0.2) is 54.6 Å². The third-order valence-corrected chi connectivity index (χ3v) is 4.54. The molecular weight excluding hydrogens is 338 g/mol. The van der Waals surface area contributed by atoms with Crippen LogP contribution in [0.3, 0.4) is 0 Å². The van der Waals surface area contributed by atoms with Crippen LogP contribution < -0.4 is 5.73 Å². The van der Waals surface area contributed by atoms with Crippen molar-refractivity contribution in [2.45, 2.75) is 20.3 Å². The number of hydrogen-bond donors (Lipinski definition) is 1. The zero-order valence-electron chi connectivity index (χ0n) is 15.8. The third kappa shape index (κ3) is 4.41. The molecule has 0 aliphatic rings. The molecule has 1 amide bonds. The van der Waals surface area contributed by atoms with E-state index in [4.69, 9.17) is 5.73 Å². The number of amides is 1. The van der Waals surface area contributed by atoms with Gasteiger partial charge in [-0.2, -0.15) is 0 Å². The normalized spacial score (nSPS) is 10.8. The van der Waals surface area contributed by atoms with Gasteiger partial charge in [0.1, 0.15) is 0 Å². The predicted molar refractivity (Wildman–Crippen MR) is 106 cm³/mol. The van der Waals surface area contributed by atoms with Crippen LogP contribution in [-0.2, 0) is 6.42 Å². The summed E-state index contributed by atoms with van der Waals surface area (Å²) < 4.78 is 1.71. The monoisotopic (exact) mass is 363 g/mol. The molecule has 6 nitrogen and oxygen atoms in total. The van der Waals surface area contributed by atoms with E-state index in [1.54, 1.807) is 9.58 Å². The number of benzene rings is 2. The number of nitrogens with zero attached hydrogens (tertiary/aromatic N) is 4. The van der Waals surface area contributed by atoms with Crippen molar-refractivity contribution in [2.75, 3.05) is 19.6 Å². The lowest BCUT2D eigenvalue weighted by molar-refractivity contribution is 0.0755. The topological polar surface area (TPSA) is 77.0 Å². The molecule has 6 heteroatoms. The Balaban J connectivity index is 1.80. The summed E-state index contributed by atoms with van der Waals surface area (Å²) in [7, 11) is 0. The highest BCUT2D eigenvalue weighted by Gasteiger charge is 2.22. The van der Waals surface area contributed by atoms with E-state index in [9.17, 15) is 4.79 Å². The maximum absolute atomic E-state index is 13.0. The van der Waals surface area contributed by atoms with E-state index in [1.807, 2.05) is 56.3 Å². The minimum Gasteiger partial charge on any atom is -0.336 e. The average Bonchev–Trinajstić information content (AvgIpc) is 3.07. The van der Waals surface area contributed by atoms with Crippen molar-refractivity contribution in [3.8, 4) is 5.69 Å². The first kappa shape index (κ1) is 18.8. The first-order chi connectivity index (χ1) is 13.1. The molecule has 140 valence electrons. The van der Waals surface area contributed by atoms with E-state index in [1.165, 1.54) is 5.56 Å². The van der Waals surface area contributed by atoms with Crippen molar-refractivity contribution in [3.63, 3.8) is 0 Å². The summed E-state index contributed by atoms with van der Waals surface area (Å²) in [5.41, 5.74) is 10.0. The molecule has 0 radical (unpaired) electrons. The third-order valence-electron chi connectivity index (χ3n) is 4.54. The number of carbonyl (C=O) groups is 1. The van der Waals surface area contributed by atoms with E-state index in [2.05, 4.69) is 22.4 Å². The Morgan fingerprint density at radius 1 is 1.07 bits per heavy atom. The van der Waals surface area contributed by atoms with Gasteiger partial charge in [0.25, 0.3) is 5.91 Å². The molecule has 3 aromatic rings. The lowest BCUT2D eigenvalue weighted by atomic mass is 10.1. The Labute approximate surface area is 159 Å². The quantitative estimate of drug-likeness (QED) is 0.700. The maximum Gasteiger partial charge on any atom is 0.276 e. The molecule has 3 rings (SSSR count). The van der Waals surface area contributed by atoms with Gasteiger partial charge < -0.3 is 10.6 Å². The lowest BCUT2D eigenvalue weighted by Crippen LogP contribution is -2.37. The van der Waals surface area contributed by atoms with Crippen LogP contribution in [0, 0.1) is 13.8 Å². The molecule has 0 fully saturated rings. The summed E-state index contributed by atoms with van der Waals surface area (Å²) in [4.78, 5) is 14.8. The van der Waals surface area contributed by atoms with E-state index >= 15 is 0 Å². The maximum atomic E-state index is 13.0. The summed E-state index contributed by atoms with van der Waals surface area (Å²) in [6.07, 6.45) is 0.775. The number of aryl methyl sites for hydroxylation is 1. The van der Waals surface area contributed by atoms with Gasteiger partial charge in [-0.3, -0.25) is 4.79 Å². The standard InChI is InChI=1S/C21H25N5O/c1-16-7-6-10-19(15-16)26-17(2)20(23-24-26)21(27)25(14-12-22)13-11-18-8-4-3-5-9-18/h3-10,15H,11-14,22H2,1-2H3. The predicted octanol–water partition coefficient (Wildman–Crippen LogP) is 2.53. The minimum absolute atomic E-state index is 0.132. The highest BCUT2D eigenvalue weighted by atomic mass is 16.2. The Morgan fingerprint density at radius 2 is 1.85 bits per heavy atom. The van der Waals surface area contributed by atoms with E-state index in [0.29, 0.717) is 25.3 Å². The molecule has 0 bridgehead atoms. The second-order valence-electron chi connectivity index (χ2n) is 6.59. The molecular formula is C21H25N5O. The molecule has 1 aromatic heterocycles. The highest BCUT2D eigenvalue weighted by molar-refractivity contribution is 5.93. The Bertz CT molecular complexity index is 904. The van der Waals surface area contributed by atoms with E-state index < -0.39 is 0 Å². The van der Waals surface area contributed by atoms with E-state index in [0.717, 1.165) is 23.4 Å². The smallest absolute Gasteiger partial charge is 0.276 e. The van der Waals surface area contributed by atoms with Crippen LogP contribution in [0.5, 0.6) is 0 Å². The fourth-order valence-corrected chi connectivity index (χ4v) is 3.06. The Hall–Kier alpha value is -2.99. The van der Waals surface area contributed by atoms with Gasteiger partial charge in [0.05, 0.1) is 11.4 Å². The van der Waals surface area contributed by atoms with Crippen molar-refractivity contribution >= 4 is 5.91 Å². The van der Waals surface area contributed by atoms with Crippen LogP contribution in [0.2, 0.25) is 0 Å². The molecule has 0 unspecified atom stereocenters. The molecule has 0 atom stereocenters. The van der Waals surface area contributed by atoms with Crippen LogP contribution in [0.4, 0.5) is 0 Å². The molecule has 0 aliphatic carbocycles. The number of carbonyl (C=O) groups excluding carboxylic acids is 1. The fraction of sp³-hybridized carbons (Fsp3) is 0.286. The van der Waals surface area contributed by atoms with Crippen LogP contribution >= 0.6 is 0 Å². The van der Waals surface area contributed by atoms with Crippen molar-refractivity contribution < 1.29 is 4.79 Å². The zero-order valence-corrected chi connectivity index (χ0v) is 15.8. The summed E-state index contributed by atoms with van der Waals surface area (Å²) in [5.74, 6) is -0.132. The van der Waals surface area contributed by atoms with Gasteiger partial charge in [-0.25, -0.2) is 4.68 Å². The highest BCUT2D eigenvalue weighted by Crippen LogP contribution is 2.15. The largest absolute Gasteiger partial charge is 0.336 e. The first-order valence-electron chi connectivity index (χ1n) is 9.12. The van der Waals surface area contributed by atoms with Crippen LogP contribution in [-0.4, -0.2) is 45.4 Å². The summed E-state index contributed by atoms with van der Waals surface area (Å²) in [6, 6.07) is 18.1. The van der Waals surface area contributed by atoms with Gasteiger partial charge in [0.2, 0.25) is 0 Å². The average molecular weight is 363 g/mol.